The first-order chi connectivity index (χ1) is 19.1. The lowest BCUT2D eigenvalue weighted by molar-refractivity contribution is -0.143. The van der Waals surface area contributed by atoms with Crippen molar-refractivity contribution in [3.8, 4) is 22.5 Å². The molecule has 4 aromatic rings. The Morgan fingerprint density at radius 3 is 2.25 bits per heavy atom. The van der Waals surface area contributed by atoms with Gasteiger partial charge in [0.2, 0.25) is 0 Å². The van der Waals surface area contributed by atoms with Gasteiger partial charge in [0.25, 0.3) is 0 Å². The predicted octanol–water partition coefficient (Wildman–Crippen LogP) is 8.26. The van der Waals surface area contributed by atoms with E-state index in [-0.39, 0.29) is 12.0 Å². The van der Waals surface area contributed by atoms with Crippen molar-refractivity contribution in [2.24, 2.45) is 0 Å². The van der Waals surface area contributed by atoms with Gasteiger partial charge in [-0.05, 0) is 68.4 Å². The van der Waals surface area contributed by atoms with Gasteiger partial charge in [-0.15, -0.1) is 0 Å². The highest BCUT2D eigenvalue weighted by Gasteiger charge is 2.30. The molecule has 0 fully saturated rings. The van der Waals surface area contributed by atoms with Crippen LogP contribution >= 0.6 is 0 Å². The molecule has 4 rings (SSSR count). The Morgan fingerprint density at radius 2 is 1.60 bits per heavy atom. The van der Waals surface area contributed by atoms with Crippen molar-refractivity contribution in [1.29, 1.82) is 0 Å². The molecule has 3 aromatic carbocycles. The van der Waals surface area contributed by atoms with Crippen LogP contribution in [0.2, 0.25) is 0 Å². The molecule has 0 saturated carbocycles. The number of carbonyl (C=O) groups is 1. The molecular formula is C32H33F3N2O3. The number of hydrogen-bond acceptors (Lipinski definition) is 5. The molecule has 0 amide bonds. The molecule has 0 saturated heterocycles. The van der Waals surface area contributed by atoms with Crippen molar-refractivity contribution in [1.82, 2.24) is 5.16 Å². The molecule has 0 aliphatic heterocycles. The van der Waals surface area contributed by atoms with Gasteiger partial charge in [0.05, 0.1) is 12.2 Å². The second-order valence-corrected chi connectivity index (χ2v) is 9.83. The highest BCUT2D eigenvalue weighted by atomic mass is 19.4. The second-order valence-electron chi connectivity index (χ2n) is 9.83. The first kappa shape index (κ1) is 28.9. The SMILES string of the molecule is CCOC(=O)CCc1ccc(-c2ccc(-c3onc(C)c3NC(C)CCc3cccc(C(F)(F)F)c3)cc2)cc1. The summed E-state index contributed by atoms with van der Waals surface area (Å²) < 4.78 is 49.7. The number of esters is 1. The summed E-state index contributed by atoms with van der Waals surface area (Å²) in [5.74, 6) is 0.424. The molecule has 1 atom stereocenters. The number of rotatable bonds is 11. The maximum atomic E-state index is 13.0. The molecule has 0 spiro atoms. The minimum absolute atomic E-state index is 0.0204. The average Bonchev–Trinajstić information content (AvgIpc) is 3.30. The van der Waals surface area contributed by atoms with Gasteiger partial charge in [-0.2, -0.15) is 13.2 Å². The number of aryl methyl sites for hydroxylation is 3. The van der Waals surface area contributed by atoms with Crippen LogP contribution in [0, 0.1) is 6.92 Å². The number of halogens is 3. The summed E-state index contributed by atoms with van der Waals surface area (Å²) >= 11 is 0. The fourth-order valence-corrected chi connectivity index (χ4v) is 4.50. The molecule has 0 aliphatic rings. The van der Waals surface area contributed by atoms with Crippen molar-refractivity contribution in [2.75, 3.05) is 11.9 Å². The number of carbonyl (C=O) groups excluding carboxylic acids is 1. The molecular weight excluding hydrogens is 517 g/mol. The van der Waals surface area contributed by atoms with E-state index in [1.165, 1.54) is 12.1 Å². The van der Waals surface area contributed by atoms with Gasteiger partial charge in [0, 0.05) is 18.0 Å². The average molecular weight is 551 g/mol. The van der Waals surface area contributed by atoms with Gasteiger partial charge in [-0.1, -0.05) is 71.9 Å². The molecule has 210 valence electrons. The number of aromatic nitrogens is 1. The van der Waals surface area contributed by atoms with Crippen LogP contribution in [0.5, 0.6) is 0 Å². The molecule has 0 bridgehead atoms. The van der Waals surface area contributed by atoms with Crippen molar-refractivity contribution in [2.45, 2.75) is 58.7 Å². The third-order valence-corrected chi connectivity index (χ3v) is 6.73. The van der Waals surface area contributed by atoms with Gasteiger partial charge in [-0.3, -0.25) is 4.79 Å². The maximum absolute atomic E-state index is 13.0. The van der Waals surface area contributed by atoms with Gasteiger partial charge in [0.1, 0.15) is 11.4 Å². The van der Waals surface area contributed by atoms with Crippen LogP contribution in [-0.2, 0) is 28.5 Å². The number of anilines is 1. The largest absolute Gasteiger partial charge is 0.466 e. The van der Waals surface area contributed by atoms with Crippen LogP contribution in [0.15, 0.2) is 77.3 Å². The minimum atomic E-state index is -4.35. The van der Waals surface area contributed by atoms with Crippen LogP contribution in [0.4, 0.5) is 18.9 Å². The fraction of sp³-hybridized carbons (Fsp3) is 0.312. The topological polar surface area (TPSA) is 64.4 Å². The molecule has 1 N–H and O–H groups in total. The Morgan fingerprint density at radius 1 is 0.950 bits per heavy atom. The van der Waals surface area contributed by atoms with Crippen molar-refractivity contribution >= 4 is 11.7 Å². The van der Waals surface area contributed by atoms with E-state index >= 15 is 0 Å². The lowest BCUT2D eigenvalue weighted by Crippen LogP contribution is -2.17. The number of benzene rings is 3. The first-order valence-electron chi connectivity index (χ1n) is 13.4. The zero-order valence-electron chi connectivity index (χ0n) is 22.8. The third-order valence-electron chi connectivity index (χ3n) is 6.73. The highest BCUT2D eigenvalue weighted by Crippen LogP contribution is 2.34. The summed E-state index contributed by atoms with van der Waals surface area (Å²) in [4.78, 5) is 11.6. The predicted molar refractivity (Wildman–Crippen MR) is 150 cm³/mol. The molecule has 0 radical (unpaired) electrons. The quantitative estimate of drug-likeness (QED) is 0.191. The van der Waals surface area contributed by atoms with E-state index in [1.807, 2.05) is 62.4 Å². The van der Waals surface area contributed by atoms with Crippen LogP contribution < -0.4 is 5.32 Å². The van der Waals surface area contributed by atoms with Crippen LogP contribution in [-0.4, -0.2) is 23.8 Å². The summed E-state index contributed by atoms with van der Waals surface area (Å²) in [6, 6.07) is 21.5. The normalized spacial score (nSPS) is 12.2. The van der Waals surface area contributed by atoms with Gasteiger partial charge in [-0.25, -0.2) is 0 Å². The van der Waals surface area contributed by atoms with E-state index in [0.29, 0.717) is 49.3 Å². The van der Waals surface area contributed by atoms with Crippen LogP contribution in [0.1, 0.15) is 49.1 Å². The minimum Gasteiger partial charge on any atom is -0.466 e. The highest BCUT2D eigenvalue weighted by molar-refractivity contribution is 5.77. The summed E-state index contributed by atoms with van der Waals surface area (Å²) in [7, 11) is 0. The zero-order chi connectivity index (χ0) is 28.7. The third kappa shape index (κ3) is 7.52. The number of nitrogens with one attached hydrogen (secondary N) is 1. The Labute approximate surface area is 232 Å². The summed E-state index contributed by atoms with van der Waals surface area (Å²) in [5, 5.41) is 7.58. The summed E-state index contributed by atoms with van der Waals surface area (Å²) in [5.41, 5.74) is 5.54. The number of hydrogen-bond donors (Lipinski definition) is 1. The molecule has 40 heavy (non-hydrogen) atoms. The van der Waals surface area contributed by atoms with Crippen LogP contribution in [0.25, 0.3) is 22.5 Å². The monoisotopic (exact) mass is 550 g/mol. The maximum Gasteiger partial charge on any atom is 0.416 e. The Bertz CT molecular complexity index is 1410. The Hall–Kier alpha value is -4.07. The number of alkyl halides is 3. The van der Waals surface area contributed by atoms with E-state index in [0.717, 1.165) is 34.0 Å². The van der Waals surface area contributed by atoms with E-state index in [4.69, 9.17) is 9.26 Å². The number of nitrogens with zero attached hydrogens (tertiary/aromatic N) is 1. The Kier molecular flexibility index (Phi) is 9.30. The molecule has 1 aromatic heterocycles. The van der Waals surface area contributed by atoms with E-state index in [9.17, 15) is 18.0 Å². The molecule has 1 unspecified atom stereocenters. The lowest BCUT2D eigenvalue weighted by Gasteiger charge is -2.16. The lowest BCUT2D eigenvalue weighted by atomic mass is 10.00. The van der Waals surface area contributed by atoms with E-state index in [1.54, 1.807) is 13.0 Å². The van der Waals surface area contributed by atoms with Gasteiger partial charge in [0.15, 0.2) is 5.76 Å². The Balaban J connectivity index is 1.39. The van der Waals surface area contributed by atoms with Crippen molar-refractivity contribution in [3.05, 3.63) is 95.2 Å². The van der Waals surface area contributed by atoms with Crippen molar-refractivity contribution in [3.63, 3.8) is 0 Å². The summed E-state index contributed by atoms with van der Waals surface area (Å²) in [6.45, 7) is 6.03. The second kappa shape index (κ2) is 12.9. The van der Waals surface area contributed by atoms with Crippen LogP contribution in [0.3, 0.4) is 0 Å². The first-order valence-corrected chi connectivity index (χ1v) is 13.4. The van der Waals surface area contributed by atoms with E-state index < -0.39 is 11.7 Å². The van der Waals surface area contributed by atoms with Gasteiger partial charge < -0.3 is 14.6 Å². The molecule has 5 nitrogen and oxygen atoms in total. The van der Waals surface area contributed by atoms with Crippen molar-refractivity contribution < 1.29 is 27.2 Å². The molecule has 8 heteroatoms. The smallest absolute Gasteiger partial charge is 0.416 e. The molecule has 0 aliphatic carbocycles. The molecule has 1 heterocycles. The number of ether oxygens (including phenoxy) is 1. The van der Waals surface area contributed by atoms with Gasteiger partial charge >= 0.3 is 12.1 Å². The fourth-order valence-electron chi connectivity index (χ4n) is 4.50. The summed E-state index contributed by atoms with van der Waals surface area (Å²) in [6.07, 6.45) is -2.21. The van der Waals surface area contributed by atoms with E-state index in [2.05, 4.69) is 10.5 Å². The standard InChI is InChI=1S/C32H33F3N2O3/c1-4-39-29(38)19-12-23-10-13-25(14-11-23)26-15-17-27(18-16-26)31-30(22(3)37-40-31)36-21(2)8-9-24-6-5-7-28(20-24)32(33,34)35/h5-7,10-11,13-18,20-21,36H,4,8-9,12,19H2,1-3H3. The zero-order valence-corrected chi connectivity index (χ0v) is 22.8.